The van der Waals surface area contributed by atoms with E-state index >= 15 is 0 Å². The molecule has 2 aromatic rings. The molecule has 0 unspecified atom stereocenters. The van der Waals surface area contributed by atoms with Gasteiger partial charge in [0.25, 0.3) is 0 Å². The van der Waals surface area contributed by atoms with Crippen molar-refractivity contribution in [3.05, 3.63) is 59.7 Å². The van der Waals surface area contributed by atoms with E-state index in [0.717, 1.165) is 0 Å². The molecular weight excluding hydrogens is 360 g/mol. The number of hydrogen-bond acceptors (Lipinski definition) is 5. The Morgan fingerprint density at radius 3 is 2.19 bits per heavy atom. The first-order valence-electron chi connectivity index (χ1n) is 7.93. The summed E-state index contributed by atoms with van der Waals surface area (Å²) in [5.41, 5.74) is 1.48. The van der Waals surface area contributed by atoms with Crippen LogP contribution in [0, 0.1) is 0 Å². The smallest absolute Gasteiger partial charge is 0.387 e. The number of esters is 1. The number of ether oxygens (including phenoxy) is 2. The number of rotatable bonds is 8. The van der Waals surface area contributed by atoms with Crippen LogP contribution in [0.4, 0.5) is 14.5 Å². The van der Waals surface area contributed by atoms with Crippen LogP contribution in [0.15, 0.2) is 48.5 Å². The molecule has 8 heteroatoms. The van der Waals surface area contributed by atoms with Gasteiger partial charge in [-0.2, -0.15) is 8.78 Å². The lowest BCUT2D eigenvalue weighted by atomic mass is 10.1. The van der Waals surface area contributed by atoms with E-state index in [1.54, 1.807) is 24.3 Å². The van der Waals surface area contributed by atoms with Gasteiger partial charge in [-0.25, -0.2) is 0 Å². The van der Waals surface area contributed by atoms with E-state index in [1.807, 2.05) is 0 Å². The first kappa shape index (κ1) is 20.0. The summed E-state index contributed by atoms with van der Waals surface area (Å²) in [6, 6.07) is 11.7. The van der Waals surface area contributed by atoms with Crippen molar-refractivity contribution < 1.29 is 32.6 Å². The number of ketones is 1. The fraction of sp³-hybridized carbons (Fsp3) is 0.211. The second-order valence-corrected chi connectivity index (χ2v) is 5.54. The number of benzene rings is 2. The van der Waals surface area contributed by atoms with Gasteiger partial charge in [0.15, 0.2) is 12.4 Å². The zero-order valence-corrected chi connectivity index (χ0v) is 14.4. The SMILES string of the molecule is CC(=O)Nc1ccc(CC(=O)OCC(=O)c2ccc(OC(F)F)cc2)cc1. The summed E-state index contributed by atoms with van der Waals surface area (Å²) < 4.78 is 33.3. The lowest BCUT2D eigenvalue weighted by molar-refractivity contribution is -0.141. The van der Waals surface area contributed by atoms with Crippen LogP contribution in [0.5, 0.6) is 5.75 Å². The number of carbonyl (C=O) groups is 3. The summed E-state index contributed by atoms with van der Waals surface area (Å²) >= 11 is 0. The van der Waals surface area contributed by atoms with Crippen molar-refractivity contribution in [3.8, 4) is 5.75 Å². The molecule has 0 spiro atoms. The van der Waals surface area contributed by atoms with E-state index in [4.69, 9.17) is 4.74 Å². The predicted octanol–water partition coefficient (Wildman–Crippen LogP) is 3.22. The molecule has 2 rings (SSSR count). The highest BCUT2D eigenvalue weighted by Crippen LogP contribution is 2.15. The van der Waals surface area contributed by atoms with E-state index in [9.17, 15) is 23.2 Å². The summed E-state index contributed by atoms with van der Waals surface area (Å²) in [5, 5.41) is 2.61. The molecule has 0 radical (unpaired) electrons. The molecule has 142 valence electrons. The third kappa shape index (κ3) is 6.85. The molecule has 0 aliphatic rings. The lowest BCUT2D eigenvalue weighted by Crippen LogP contribution is -2.15. The Kier molecular flexibility index (Phi) is 6.99. The number of alkyl halides is 2. The van der Waals surface area contributed by atoms with E-state index in [0.29, 0.717) is 11.3 Å². The molecule has 0 atom stereocenters. The van der Waals surface area contributed by atoms with Crippen LogP contribution in [-0.4, -0.2) is 30.9 Å². The average Bonchev–Trinajstić information content (AvgIpc) is 2.61. The van der Waals surface area contributed by atoms with Gasteiger partial charge in [-0.1, -0.05) is 12.1 Å². The molecular formula is C19H17F2NO5. The molecule has 1 amide bonds. The van der Waals surface area contributed by atoms with Crippen LogP contribution in [0.1, 0.15) is 22.8 Å². The number of anilines is 1. The molecule has 0 aromatic heterocycles. The molecule has 0 heterocycles. The quantitative estimate of drug-likeness (QED) is 0.564. The van der Waals surface area contributed by atoms with Gasteiger partial charge < -0.3 is 14.8 Å². The summed E-state index contributed by atoms with van der Waals surface area (Å²) in [5.74, 6) is -1.32. The van der Waals surface area contributed by atoms with Crippen molar-refractivity contribution in [1.29, 1.82) is 0 Å². The number of hydrogen-bond donors (Lipinski definition) is 1. The fourth-order valence-corrected chi connectivity index (χ4v) is 2.18. The Morgan fingerprint density at radius 1 is 1.00 bits per heavy atom. The molecule has 0 saturated heterocycles. The van der Waals surface area contributed by atoms with Crippen molar-refractivity contribution in [2.45, 2.75) is 20.0 Å². The van der Waals surface area contributed by atoms with Gasteiger partial charge >= 0.3 is 12.6 Å². The van der Waals surface area contributed by atoms with Crippen LogP contribution in [0.2, 0.25) is 0 Å². The second kappa shape index (κ2) is 9.42. The molecule has 2 aromatic carbocycles. The Hall–Kier alpha value is -3.29. The van der Waals surface area contributed by atoms with Crippen molar-refractivity contribution in [2.75, 3.05) is 11.9 Å². The normalized spacial score (nSPS) is 10.4. The van der Waals surface area contributed by atoms with E-state index < -0.39 is 25.0 Å². The van der Waals surface area contributed by atoms with Gasteiger partial charge in [0.2, 0.25) is 5.91 Å². The van der Waals surface area contributed by atoms with Gasteiger partial charge in [-0.3, -0.25) is 14.4 Å². The minimum absolute atomic E-state index is 0.0329. The summed E-state index contributed by atoms with van der Waals surface area (Å²) in [6.45, 7) is -2.01. The Balaban J connectivity index is 1.82. The van der Waals surface area contributed by atoms with Gasteiger partial charge in [-0.05, 0) is 42.0 Å². The van der Waals surface area contributed by atoms with E-state index in [1.165, 1.54) is 31.2 Å². The van der Waals surface area contributed by atoms with Gasteiger partial charge in [0.1, 0.15) is 5.75 Å². The van der Waals surface area contributed by atoms with Crippen molar-refractivity contribution in [2.24, 2.45) is 0 Å². The number of Topliss-reactive ketones (excluding diaryl/α,β-unsaturated/α-hetero) is 1. The van der Waals surface area contributed by atoms with Crippen LogP contribution in [-0.2, 0) is 20.7 Å². The highest BCUT2D eigenvalue weighted by atomic mass is 19.3. The van der Waals surface area contributed by atoms with Crippen molar-refractivity contribution in [1.82, 2.24) is 0 Å². The summed E-state index contributed by atoms with van der Waals surface area (Å²) in [4.78, 5) is 34.8. The monoisotopic (exact) mass is 377 g/mol. The van der Waals surface area contributed by atoms with Crippen LogP contribution in [0.3, 0.4) is 0 Å². The van der Waals surface area contributed by atoms with Crippen LogP contribution in [0.25, 0.3) is 0 Å². The zero-order chi connectivity index (χ0) is 19.8. The summed E-state index contributed by atoms with van der Waals surface area (Å²) in [6.07, 6.45) is -0.0329. The van der Waals surface area contributed by atoms with Crippen LogP contribution >= 0.6 is 0 Å². The first-order valence-corrected chi connectivity index (χ1v) is 7.93. The van der Waals surface area contributed by atoms with E-state index in [-0.39, 0.29) is 23.6 Å². The minimum Gasteiger partial charge on any atom is -0.457 e. The topological polar surface area (TPSA) is 81.7 Å². The van der Waals surface area contributed by atoms with Crippen LogP contribution < -0.4 is 10.1 Å². The maximum atomic E-state index is 12.1. The Labute approximate surface area is 154 Å². The zero-order valence-electron chi connectivity index (χ0n) is 14.4. The van der Waals surface area contributed by atoms with E-state index in [2.05, 4.69) is 10.1 Å². The fourth-order valence-electron chi connectivity index (χ4n) is 2.18. The first-order chi connectivity index (χ1) is 12.8. The molecule has 0 saturated carbocycles. The number of amides is 1. The van der Waals surface area contributed by atoms with Gasteiger partial charge in [-0.15, -0.1) is 0 Å². The van der Waals surface area contributed by atoms with Gasteiger partial charge in [0, 0.05) is 18.2 Å². The lowest BCUT2D eigenvalue weighted by Gasteiger charge is -2.07. The number of nitrogens with one attached hydrogen (secondary N) is 1. The molecule has 1 N–H and O–H groups in total. The van der Waals surface area contributed by atoms with Crippen molar-refractivity contribution >= 4 is 23.3 Å². The third-order valence-corrected chi connectivity index (χ3v) is 3.39. The Bertz CT molecular complexity index is 804. The maximum Gasteiger partial charge on any atom is 0.387 e. The molecule has 0 aliphatic carbocycles. The molecule has 0 aliphatic heterocycles. The highest BCUT2D eigenvalue weighted by Gasteiger charge is 2.12. The van der Waals surface area contributed by atoms with Gasteiger partial charge in [0.05, 0.1) is 6.42 Å². The number of halogens is 2. The highest BCUT2D eigenvalue weighted by molar-refractivity contribution is 5.98. The third-order valence-electron chi connectivity index (χ3n) is 3.39. The molecule has 6 nitrogen and oxygen atoms in total. The predicted molar refractivity (Wildman–Crippen MR) is 92.8 cm³/mol. The molecule has 0 fully saturated rings. The largest absolute Gasteiger partial charge is 0.457 e. The van der Waals surface area contributed by atoms with Crippen molar-refractivity contribution in [3.63, 3.8) is 0 Å². The average molecular weight is 377 g/mol. The maximum absolute atomic E-state index is 12.1. The molecule has 0 bridgehead atoms. The molecule has 27 heavy (non-hydrogen) atoms. The Morgan fingerprint density at radius 2 is 1.63 bits per heavy atom. The number of carbonyl (C=O) groups excluding carboxylic acids is 3. The minimum atomic E-state index is -2.94. The standard InChI is InChI=1S/C19H17F2NO5/c1-12(23)22-15-6-2-13(3-7-15)10-18(25)26-11-17(24)14-4-8-16(9-5-14)27-19(20)21/h2-9,19H,10-11H2,1H3,(H,22,23). The second-order valence-electron chi connectivity index (χ2n) is 5.54. The summed E-state index contributed by atoms with van der Waals surface area (Å²) in [7, 11) is 0.